The third kappa shape index (κ3) is 5.06. The predicted molar refractivity (Wildman–Crippen MR) is 113 cm³/mol. The van der Waals surface area contributed by atoms with Gasteiger partial charge in [-0.25, -0.2) is 9.97 Å². The summed E-state index contributed by atoms with van der Waals surface area (Å²) in [5.41, 5.74) is 7.53. The van der Waals surface area contributed by atoms with Crippen LogP contribution in [0.5, 0.6) is 0 Å². The number of pyridine rings is 1. The van der Waals surface area contributed by atoms with Crippen LogP contribution >= 0.6 is 0 Å². The minimum atomic E-state index is -0.395. The highest BCUT2D eigenvalue weighted by Crippen LogP contribution is 2.26. The third-order valence-corrected chi connectivity index (χ3v) is 4.80. The third-order valence-electron chi connectivity index (χ3n) is 4.80. The van der Waals surface area contributed by atoms with Gasteiger partial charge >= 0.3 is 0 Å². The van der Waals surface area contributed by atoms with Crippen molar-refractivity contribution in [3.05, 3.63) is 54.4 Å². The molecule has 1 amide bonds. The van der Waals surface area contributed by atoms with E-state index in [1.54, 1.807) is 30.6 Å². The standard InChI is InChI=1S/C20H20N10O/c21-9-15-10-25-18(11-24-15)28-17-8-16(26-14-2-1-12(22)7-14)19(30-29-17)20(31)27-13-3-5-23-6-4-13/h3-6,8,10-12,14H,1-2,7,22H2,(H,23,27,31)(H2,25,26,28,29). The minimum absolute atomic E-state index is 0.132. The maximum atomic E-state index is 12.8. The van der Waals surface area contributed by atoms with Gasteiger partial charge in [0.05, 0.1) is 18.1 Å². The zero-order valence-corrected chi connectivity index (χ0v) is 16.5. The van der Waals surface area contributed by atoms with Gasteiger partial charge in [0.15, 0.2) is 17.2 Å². The molecule has 3 aromatic heterocycles. The molecule has 1 saturated carbocycles. The molecule has 0 aromatic carbocycles. The Hall–Kier alpha value is -4.17. The minimum Gasteiger partial charge on any atom is -0.380 e. The van der Waals surface area contributed by atoms with Gasteiger partial charge in [-0.2, -0.15) is 5.26 Å². The monoisotopic (exact) mass is 416 g/mol. The van der Waals surface area contributed by atoms with E-state index in [4.69, 9.17) is 11.0 Å². The molecule has 3 aromatic rings. The van der Waals surface area contributed by atoms with Crippen LogP contribution in [0.3, 0.4) is 0 Å². The molecule has 4 rings (SSSR count). The maximum Gasteiger partial charge on any atom is 0.278 e. The Kier molecular flexibility index (Phi) is 5.91. The lowest BCUT2D eigenvalue weighted by atomic mass is 10.2. The summed E-state index contributed by atoms with van der Waals surface area (Å²) >= 11 is 0. The first kappa shape index (κ1) is 20.1. The van der Waals surface area contributed by atoms with Crippen molar-refractivity contribution in [2.75, 3.05) is 16.0 Å². The fourth-order valence-electron chi connectivity index (χ4n) is 3.31. The fraction of sp³-hybridized carbons (Fsp3) is 0.250. The largest absolute Gasteiger partial charge is 0.380 e. The second-order valence-electron chi connectivity index (χ2n) is 7.12. The smallest absolute Gasteiger partial charge is 0.278 e. The van der Waals surface area contributed by atoms with Gasteiger partial charge in [0, 0.05) is 36.2 Å². The fourth-order valence-corrected chi connectivity index (χ4v) is 3.31. The zero-order chi connectivity index (χ0) is 21.6. The molecule has 1 fully saturated rings. The Morgan fingerprint density at radius 3 is 2.65 bits per heavy atom. The van der Waals surface area contributed by atoms with Crippen LogP contribution in [-0.2, 0) is 0 Å². The molecular formula is C20H20N10O. The normalized spacial score (nSPS) is 17.5. The van der Waals surface area contributed by atoms with Gasteiger partial charge in [-0.3, -0.25) is 9.78 Å². The number of hydrogen-bond donors (Lipinski definition) is 4. The molecule has 0 radical (unpaired) electrons. The van der Waals surface area contributed by atoms with Crippen molar-refractivity contribution in [1.82, 2.24) is 25.1 Å². The Morgan fingerprint density at radius 1 is 1.13 bits per heavy atom. The lowest BCUT2D eigenvalue weighted by molar-refractivity contribution is 0.102. The second-order valence-corrected chi connectivity index (χ2v) is 7.12. The molecule has 0 bridgehead atoms. The molecule has 156 valence electrons. The topological polar surface area (TPSA) is 167 Å². The summed E-state index contributed by atoms with van der Waals surface area (Å²) in [6.07, 6.45) is 8.58. The molecule has 0 aliphatic heterocycles. The zero-order valence-electron chi connectivity index (χ0n) is 16.5. The number of amides is 1. The number of carbonyl (C=O) groups excluding carboxylic acids is 1. The highest BCUT2D eigenvalue weighted by molar-refractivity contribution is 6.06. The molecular weight excluding hydrogens is 396 g/mol. The summed E-state index contributed by atoms with van der Waals surface area (Å²) < 4.78 is 0. The van der Waals surface area contributed by atoms with Gasteiger partial charge in [-0.15, -0.1) is 10.2 Å². The van der Waals surface area contributed by atoms with Gasteiger partial charge in [0.2, 0.25) is 0 Å². The van der Waals surface area contributed by atoms with Crippen LogP contribution < -0.4 is 21.7 Å². The summed E-state index contributed by atoms with van der Waals surface area (Å²) in [6, 6.07) is 7.25. The summed E-state index contributed by atoms with van der Waals surface area (Å²) in [4.78, 5) is 24.9. The number of aromatic nitrogens is 5. The molecule has 2 unspecified atom stereocenters. The number of nitrogens with two attached hydrogens (primary N) is 1. The Bertz CT molecular complexity index is 1100. The molecule has 5 N–H and O–H groups in total. The number of anilines is 4. The van der Waals surface area contributed by atoms with E-state index in [2.05, 4.69) is 41.1 Å². The molecule has 0 spiro atoms. The van der Waals surface area contributed by atoms with E-state index in [9.17, 15) is 4.79 Å². The molecule has 3 heterocycles. The Balaban J connectivity index is 1.58. The van der Waals surface area contributed by atoms with Crippen molar-refractivity contribution in [3.63, 3.8) is 0 Å². The van der Waals surface area contributed by atoms with E-state index in [0.29, 0.717) is 23.0 Å². The number of hydrogen-bond acceptors (Lipinski definition) is 10. The number of nitriles is 1. The van der Waals surface area contributed by atoms with E-state index in [1.807, 2.05) is 6.07 Å². The van der Waals surface area contributed by atoms with Crippen LogP contribution in [0.1, 0.15) is 35.4 Å². The van der Waals surface area contributed by atoms with E-state index in [-0.39, 0.29) is 23.5 Å². The van der Waals surface area contributed by atoms with Crippen molar-refractivity contribution >= 4 is 28.9 Å². The summed E-state index contributed by atoms with van der Waals surface area (Å²) in [7, 11) is 0. The Labute approximate surface area is 178 Å². The van der Waals surface area contributed by atoms with E-state index in [0.717, 1.165) is 19.3 Å². The number of carbonyl (C=O) groups is 1. The van der Waals surface area contributed by atoms with Crippen molar-refractivity contribution in [1.29, 1.82) is 5.26 Å². The molecule has 1 aliphatic rings. The second kappa shape index (κ2) is 9.10. The first-order valence-electron chi connectivity index (χ1n) is 9.71. The van der Waals surface area contributed by atoms with E-state index >= 15 is 0 Å². The molecule has 31 heavy (non-hydrogen) atoms. The van der Waals surface area contributed by atoms with Gasteiger partial charge in [-0.1, -0.05) is 0 Å². The highest BCUT2D eigenvalue weighted by Gasteiger charge is 2.24. The van der Waals surface area contributed by atoms with Crippen molar-refractivity contribution < 1.29 is 4.79 Å². The van der Waals surface area contributed by atoms with E-state index in [1.165, 1.54) is 12.4 Å². The van der Waals surface area contributed by atoms with Gasteiger partial charge in [0.25, 0.3) is 5.91 Å². The van der Waals surface area contributed by atoms with Crippen LogP contribution in [0.4, 0.5) is 23.0 Å². The van der Waals surface area contributed by atoms with Crippen molar-refractivity contribution in [2.45, 2.75) is 31.3 Å². The molecule has 0 saturated heterocycles. The first-order chi connectivity index (χ1) is 15.1. The number of rotatable bonds is 6. The average molecular weight is 416 g/mol. The van der Waals surface area contributed by atoms with Crippen molar-refractivity contribution in [2.24, 2.45) is 5.73 Å². The maximum absolute atomic E-state index is 12.8. The lowest BCUT2D eigenvalue weighted by Crippen LogP contribution is -2.24. The summed E-state index contributed by atoms with van der Waals surface area (Å²) in [5, 5.41) is 26.2. The van der Waals surface area contributed by atoms with Crippen molar-refractivity contribution in [3.8, 4) is 6.07 Å². The number of nitrogens with one attached hydrogen (secondary N) is 3. The predicted octanol–water partition coefficient (Wildman–Crippen LogP) is 1.82. The highest BCUT2D eigenvalue weighted by atomic mass is 16.2. The van der Waals surface area contributed by atoms with Crippen LogP contribution in [0.25, 0.3) is 0 Å². The van der Waals surface area contributed by atoms with Crippen LogP contribution in [0.2, 0.25) is 0 Å². The SMILES string of the molecule is N#Cc1cnc(Nc2cc(NC3CCC(N)C3)c(C(=O)Nc3ccncc3)nn2)cn1. The van der Waals surface area contributed by atoms with Gasteiger partial charge < -0.3 is 21.7 Å². The molecule has 11 heteroatoms. The summed E-state index contributed by atoms with van der Waals surface area (Å²) in [6.45, 7) is 0. The van der Waals surface area contributed by atoms with Gasteiger partial charge in [0.1, 0.15) is 11.9 Å². The lowest BCUT2D eigenvalue weighted by Gasteiger charge is -2.17. The van der Waals surface area contributed by atoms with Crippen LogP contribution in [0.15, 0.2) is 43.0 Å². The number of nitrogens with zero attached hydrogens (tertiary/aromatic N) is 6. The van der Waals surface area contributed by atoms with E-state index < -0.39 is 5.91 Å². The Morgan fingerprint density at radius 2 is 1.97 bits per heavy atom. The van der Waals surface area contributed by atoms with Crippen LogP contribution in [-0.4, -0.2) is 43.1 Å². The quantitative estimate of drug-likeness (QED) is 0.465. The molecule has 2 atom stereocenters. The average Bonchev–Trinajstić information content (AvgIpc) is 3.19. The molecule has 1 aliphatic carbocycles. The van der Waals surface area contributed by atoms with Crippen LogP contribution in [0, 0.1) is 11.3 Å². The first-order valence-corrected chi connectivity index (χ1v) is 9.71. The summed E-state index contributed by atoms with van der Waals surface area (Å²) in [5.74, 6) is 0.383. The molecule has 11 nitrogen and oxygen atoms in total. The van der Waals surface area contributed by atoms with Gasteiger partial charge in [-0.05, 0) is 31.4 Å².